The van der Waals surface area contributed by atoms with Gasteiger partial charge in [-0.15, -0.1) is 0 Å². The van der Waals surface area contributed by atoms with Gasteiger partial charge in [0.1, 0.15) is 6.61 Å². The minimum Gasteiger partial charge on any atom is -0.489 e. The summed E-state index contributed by atoms with van der Waals surface area (Å²) in [4.78, 5) is 5.19. The third-order valence-corrected chi connectivity index (χ3v) is 3.96. The van der Waals surface area contributed by atoms with Crippen molar-refractivity contribution in [2.75, 3.05) is 18.6 Å². The molecular formula is C15H12F6N2O. The molecule has 0 saturated carbocycles. The van der Waals surface area contributed by atoms with Gasteiger partial charge in [-0.25, -0.2) is 0 Å². The molecule has 0 spiro atoms. The molecule has 130 valence electrons. The normalized spacial score (nSPS) is 18.5. The SMILES string of the molecule is CN1c2ccc3nccc(C(F)(F)F)c3c2OCC1CC(F)(F)F. The number of ether oxygens (including phenoxy) is 1. The molecule has 24 heavy (non-hydrogen) atoms. The number of benzene rings is 1. The van der Waals surface area contributed by atoms with Gasteiger partial charge in [0.25, 0.3) is 0 Å². The van der Waals surface area contributed by atoms with E-state index in [1.807, 2.05) is 0 Å². The Hall–Kier alpha value is -2.19. The summed E-state index contributed by atoms with van der Waals surface area (Å²) in [5, 5.41) is -0.236. The molecule has 0 N–H and O–H groups in total. The molecular weight excluding hydrogens is 338 g/mol. The summed E-state index contributed by atoms with van der Waals surface area (Å²) in [7, 11) is 1.41. The zero-order valence-corrected chi connectivity index (χ0v) is 12.4. The van der Waals surface area contributed by atoms with Crippen molar-refractivity contribution in [3.63, 3.8) is 0 Å². The van der Waals surface area contributed by atoms with Gasteiger partial charge in [0, 0.05) is 13.2 Å². The van der Waals surface area contributed by atoms with Crippen LogP contribution in [0.1, 0.15) is 12.0 Å². The second-order valence-electron chi connectivity index (χ2n) is 5.56. The van der Waals surface area contributed by atoms with E-state index >= 15 is 0 Å². The monoisotopic (exact) mass is 350 g/mol. The average Bonchev–Trinajstić information content (AvgIpc) is 2.47. The zero-order chi connectivity index (χ0) is 17.7. The van der Waals surface area contributed by atoms with E-state index in [1.54, 1.807) is 0 Å². The number of rotatable bonds is 1. The van der Waals surface area contributed by atoms with Crippen LogP contribution in [0.3, 0.4) is 0 Å². The predicted octanol–water partition coefficient (Wildman–Crippen LogP) is 4.40. The Morgan fingerprint density at radius 2 is 1.88 bits per heavy atom. The van der Waals surface area contributed by atoms with Crippen LogP contribution in [0.25, 0.3) is 10.9 Å². The first-order valence-electron chi connectivity index (χ1n) is 6.99. The number of hydrogen-bond donors (Lipinski definition) is 0. The summed E-state index contributed by atoms with van der Waals surface area (Å²) in [5.41, 5.74) is -0.667. The van der Waals surface area contributed by atoms with Gasteiger partial charge in [-0.2, -0.15) is 26.3 Å². The van der Waals surface area contributed by atoms with Crippen molar-refractivity contribution in [3.8, 4) is 5.75 Å². The van der Waals surface area contributed by atoms with Crippen molar-refractivity contribution < 1.29 is 31.1 Å². The van der Waals surface area contributed by atoms with Crippen molar-refractivity contribution in [1.29, 1.82) is 0 Å². The van der Waals surface area contributed by atoms with E-state index < -0.39 is 30.4 Å². The van der Waals surface area contributed by atoms with Crippen LogP contribution in [0.2, 0.25) is 0 Å². The van der Waals surface area contributed by atoms with Gasteiger partial charge in [0.15, 0.2) is 5.75 Å². The first-order valence-corrected chi connectivity index (χ1v) is 6.99. The molecule has 0 fully saturated rings. The Balaban J connectivity index is 2.13. The van der Waals surface area contributed by atoms with Crippen LogP contribution in [0.15, 0.2) is 24.4 Å². The van der Waals surface area contributed by atoms with Crippen LogP contribution >= 0.6 is 0 Å². The molecule has 0 bridgehead atoms. The van der Waals surface area contributed by atoms with Crippen molar-refractivity contribution in [2.45, 2.75) is 24.8 Å². The first-order chi connectivity index (χ1) is 11.1. The summed E-state index contributed by atoms with van der Waals surface area (Å²) in [6, 6.07) is 2.60. The molecule has 3 nitrogen and oxygen atoms in total. The molecule has 1 aliphatic rings. The first kappa shape index (κ1) is 16.7. The predicted molar refractivity (Wildman–Crippen MR) is 75.1 cm³/mol. The molecule has 0 amide bonds. The Labute approximate surface area is 132 Å². The Morgan fingerprint density at radius 3 is 2.50 bits per heavy atom. The summed E-state index contributed by atoms with van der Waals surface area (Å²) < 4.78 is 82.9. The average molecular weight is 350 g/mol. The van der Waals surface area contributed by atoms with Crippen LogP contribution in [-0.2, 0) is 6.18 Å². The maximum Gasteiger partial charge on any atom is 0.417 e. The molecule has 2 heterocycles. The molecule has 0 radical (unpaired) electrons. The summed E-state index contributed by atoms with van der Waals surface area (Å²) in [6.07, 6.45) is -9.09. The summed E-state index contributed by atoms with van der Waals surface area (Å²) >= 11 is 0. The highest BCUT2D eigenvalue weighted by Crippen LogP contribution is 2.45. The van der Waals surface area contributed by atoms with Crippen LogP contribution in [-0.4, -0.2) is 30.9 Å². The number of hydrogen-bond acceptors (Lipinski definition) is 3. The molecule has 3 rings (SSSR count). The Kier molecular flexibility index (Phi) is 3.76. The van der Waals surface area contributed by atoms with Gasteiger partial charge in [0.05, 0.1) is 34.6 Å². The van der Waals surface area contributed by atoms with Gasteiger partial charge >= 0.3 is 12.4 Å². The molecule has 0 aliphatic carbocycles. The number of pyridine rings is 1. The zero-order valence-electron chi connectivity index (χ0n) is 12.4. The number of likely N-dealkylation sites (N-methyl/N-ethyl adjacent to an activating group) is 1. The molecule has 0 saturated heterocycles. The highest BCUT2D eigenvalue weighted by molar-refractivity contribution is 5.94. The van der Waals surface area contributed by atoms with Crippen LogP contribution in [0.4, 0.5) is 32.0 Å². The molecule has 1 aromatic heterocycles. The van der Waals surface area contributed by atoms with E-state index in [4.69, 9.17) is 4.74 Å². The van der Waals surface area contributed by atoms with Crippen molar-refractivity contribution >= 4 is 16.6 Å². The van der Waals surface area contributed by atoms with Crippen LogP contribution in [0.5, 0.6) is 5.75 Å². The van der Waals surface area contributed by atoms with E-state index in [1.165, 1.54) is 24.1 Å². The highest BCUT2D eigenvalue weighted by atomic mass is 19.4. The summed E-state index contributed by atoms with van der Waals surface area (Å²) in [6.45, 7) is -0.353. The lowest BCUT2D eigenvalue weighted by Gasteiger charge is -2.37. The Morgan fingerprint density at radius 1 is 1.17 bits per heavy atom. The maximum atomic E-state index is 13.2. The molecule has 1 aromatic carbocycles. The van der Waals surface area contributed by atoms with E-state index in [9.17, 15) is 26.3 Å². The second kappa shape index (κ2) is 5.42. The number of alkyl halides is 6. The Bertz CT molecular complexity index is 771. The quantitative estimate of drug-likeness (QED) is 0.713. The molecule has 1 unspecified atom stereocenters. The number of aromatic nitrogens is 1. The lowest BCUT2D eigenvalue weighted by Crippen LogP contribution is -2.43. The third kappa shape index (κ3) is 2.94. The minimum atomic E-state index is -4.62. The van der Waals surface area contributed by atoms with Crippen LogP contribution < -0.4 is 9.64 Å². The second-order valence-corrected chi connectivity index (χ2v) is 5.56. The van der Waals surface area contributed by atoms with Gasteiger partial charge in [0.2, 0.25) is 0 Å². The van der Waals surface area contributed by atoms with Gasteiger partial charge in [-0.1, -0.05) is 0 Å². The third-order valence-electron chi connectivity index (χ3n) is 3.96. The van der Waals surface area contributed by atoms with E-state index in [-0.39, 0.29) is 28.9 Å². The van der Waals surface area contributed by atoms with Gasteiger partial charge in [-0.05, 0) is 18.2 Å². The molecule has 9 heteroatoms. The topological polar surface area (TPSA) is 25.4 Å². The number of halogens is 6. The molecule has 1 atom stereocenters. The summed E-state index contributed by atoms with van der Waals surface area (Å²) in [5.74, 6) is -0.0890. The molecule has 1 aliphatic heterocycles. The van der Waals surface area contributed by atoms with Gasteiger partial charge in [-0.3, -0.25) is 4.98 Å². The largest absolute Gasteiger partial charge is 0.489 e. The van der Waals surface area contributed by atoms with E-state index in [2.05, 4.69) is 4.98 Å². The fourth-order valence-corrected chi connectivity index (χ4v) is 2.82. The lowest BCUT2D eigenvalue weighted by molar-refractivity contribution is -0.140. The minimum absolute atomic E-state index is 0.0752. The van der Waals surface area contributed by atoms with E-state index in [0.29, 0.717) is 0 Å². The number of nitrogens with zero attached hydrogens (tertiary/aromatic N) is 2. The smallest absolute Gasteiger partial charge is 0.417 e. The standard InChI is InChI=1S/C15H12F6N2O/c1-23-8(6-14(16,17)18)7-24-13-11(23)3-2-10-12(13)9(4-5-22-10)15(19,20)21/h2-5,8H,6-7H2,1H3. The highest BCUT2D eigenvalue weighted by Gasteiger charge is 2.39. The van der Waals surface area contributed by atoms with Gasteiger partial charge < -0.3 is 9.64 Å². The van der Waals surface area contributed by atoms with Crippen molar-refractivity contribution in [2.24, 2.45) is 0 Å². The van der Waals surface area contributed by atoms with Crippen molar-refractivity contribution in [3.05, 3.63) is 30.0 Å². The number of fused-ring (bicyclic) bond motifs is 3. The van der Waals surface area contributed by atoms with Crippen LogP contribution in [0, 0.1) is 0 Å². The maximum absolute atomic E-state index is 13.2. The fourth-order valence-electron chi connectivity index (χ4n) is 2.82. The van der Waals surface area contributed by atoms with Crippen molar-refractivity contribution in [1.82, 2.24) is 4.98 Å². The lowest BCUT2D eigenvalue weighted by atomic mass is 10.0. The van der Waals surface area contributed by atoms with E-state index in [0.717, 1.165) is 12.3 Å². The number of anilines is 1. The fraction of sp³-hybridized carbons (Fsp3) is 0.400. The molecule has 2 aromatic rings.